The van der Waals surface area contributed by atoms with Gasteiger partial charge in [-0.25, -0.2) is 14.4 Å². The molecule has 0 aliphatic heterocycles. The van der Waals surface area contributed by atoms with Gasteiger partial charge in [-0.2, -0.15) is 0 Å². The largest absolute Gasteiger partial charge is 0.330 e. The van der Waals surface area contributed by atoms with Gasteiger partial charge in [-0.15, -0.1) is 11.3 Å². The van der Waals surface area contributed by atoms with Gasteiger partial charge in [0, 0.05) is 18.0 Å². The first-order chi connectivity index (χ1) is 10.1. The van der Waals surface area contributed by atoms with Gasteiger partial charge in [0.15, 0.2) is 5.13 Å². The van der Waals surface area contributed by atoms with E-state index < -0.39 is 0 Å². The van der Waals surface area contributed by atoms with Crippen molar-refractivity contribution in [3.63, 3.8) is 0 Å². The number of nitrogens with one attached hydrogen (secondary N) is 1. The van der Waals surface area contributed by atoms with Crippen LogP contribution in [0.2, 0.25) is 0 Å². The summed E-state index contributed by atoms with van der Waals surface area (Å²) in [5.74, 6) is -0.561. The third-order valence-corrected chi connectivity index (χ3v) is 3.67. The van der Waals surface area contributed by atoms with Crippen molar-refractivity contribution in [3.8, 4) is 11.3 Å². The summed E-state index contributed by atoms with van der Waals surface area (Å²) in [5, 5.41) is 5.02. The second-order valence-electron chi connectivity index (χ2n) is 4.39. The van der Waals surface area contributed by atoms with Crippen LogP contribution in [-0.2, 0) is 7.05 Å². The summed E-state index contributed by atoms with van der Waals surface area (Å²) in [4.78, 5) is 20.3. The highest BCUT2D eigenvalue weighted by molar-refractivity contribution is 7.14. The van der Waals surface area contributed by atoms with Crippen LogP contribution in [0.3, 0.4) is 0 Å². The molecule has 5 nitrogen and oxygen atoms in total. The zero-order valence-corrected chi connectivity index (χ0v) is 11.9. The number of rotatable bonds is 3. The van der Waals surface area contributed by atoms with Crippen molar-refractivity contribution >= 4 is 22.4 Å². The van der Waals surface area contributed by atoms with Gasteiger partial charge in [0.25, 0.3) is 5.91 Å². The van der Waals surface area contributed by atoms with Gasteiger partial charge >= 0.3 is 0 Å². The van der Waals surface area contributed by atoms with E-state index in [1.807, 2.05) is 5.38 Å². The Morgan fingerprint density at radius 3 is 2.76 bits per heavy atom. The predicted octanol–water partition coefficient (Wildman–Crippen LogP) is 2.94. The minimum atomic E-state index is -0.293. The number of hydrogen-bond donors (Lipinski definition) is 1. The molecule has 21 heavy (non-hydrogen) atoms. The number of anilines is 1. The molecule has 0 saturated carbocycles. The molecule has 0 unspecified atom stereocenters. The van der Waals surface area contributed by atoms with E-state index >= 15 is 0 Å². The van der Waals surface area contributed by atoms with E-state index in [4.69, 9.17) is 0 Å². The molecule has 0 bridgehead atoms. The van der Waals surface area contributed by atoms with Crippen molar-refractivity contribution in [2.75, 3.05) is 5.32 Å². The average molecular weight is 302 g/mol. The zero-order valence-electron chi connectivity index (χ0n) is 11.1. The number of hydrogen-bond acceptors (Lipinski definition) is 4. The number of carbonyl (C=O) groups is 1. The Kier molecular flexibility index (Phi) is 3.49. The highest BCUT2D eigenvalue weighted by Crippen LogP contribution is 2.25. The van der Waals surface area contributed by atoms with Gasteiger partial charge in [0.05, 0.1) is 18.2 Å². The standard InChI is InChI=1S/C14H11FN4OS/c1-19-8-16-6-12(19)13(20)18-14-17-11(7-21-14)9-2-4-10(15)5-3-9/h2-8H,1H3,(H,17,18,20). The van der Waals surface area contributed by atoms with E-state index in [-0.39, 0.29) is 11.7 Å². The number of aromatic nitrogens is 3. The van der Waals surface area contributed by atoms with E-state index in [2.05, 4.69) is 15.3 Å². The van der Waals surface area contributed by atoms with Gasteiger partial charge in [-0.05, 0) is 24.3 Å². The number of halogens is 1. The lowest BCUT2D eigenvalue weighted by molar-refractivity contribution is 0.101. The number of aryl methyl sites for hydroxylation is 1. The summed E-state index contributed by atoms with van der Waals surface area (Å²) in [6, 6.07) is 6.05. The van der Waals surface area contributed by atoms with Crippen LogP contribution in [-0.4, -0.2) is 20.4 Å². The third-order valence-electron chi connectivity index (χ3n) is 2.91. The van der Waals surface area contributed by atoms with Crippen LogP contribution in [0.4, 0.5) is 9.52 Å². The molecule has 106 valence electrons. The highest BCUT2D eigenvalue weighted by atomic mass is 32.1. The molecule has 7 heteroatoms. The first-order valence-corrected chi connectivity index (χ1v) is 7.00. The summed E-state index contributed by atoms with van der Waals surface area (Å²) in [6.07, 6.45) is 3.05. The Labute approximate surface area is 124 Å². The van der Waals surface area contributed by atoms with E-state index in [0.29, 0.717) is 16.5 Å². The Morgan fingerprint density at radius 1 is 1.33 bits per heavy atom. The quantitative estimate of drug-likeness (QED) is 0.809. The number of amides is 1. The van der Waals surface area contributed by atoms with Crippen LogP contribution >= 0.6 is 11.3 Å². The molecule has 2 heterocycles. The number of benzene rings is 1. The molecule has 0 radical (unpaired) electrons. The van der Waals surface area contributed by atoms with Crippen LogP contribution in [0.25, 0.3) is 11.3 Å². The summed E-state index contributed by atoms with van der Waals surface area (Å²) < 4.78 is 14.5. The van der Waals surface area contributed by atoms with Gasteiger partial charge < -0.3 is 4.57 Å². The van der Waals surface area contributed by atoms with E-state index in [0.717, 1.165) is 5.56 Å². The summed E-state index contributed by atoms with van der Waals surface area (Å²) >= 11 is 1.31. The Hall–Kier alpha value is -2.54. The minimum Gasteiger partial charge on any atom is -0.330 e. The molecule has 1 N–H and O–H groups in total. The van der Waals surface area contributed by atoms with Crippen molar-refractivity contribution in [2.24, 2.45) is 7.05 Å². The van der Waals surface area contributed by atoms with Crippen molar-refractivity contribution in [3.05, 3.63) is 53.7 Å². The molecular formula is C14H11FN4OS. The Bertz CT molecular complexity index is 778. The van der Waals surface area contributed by atoms with Crippen LogP contribution < -0.4 is 5.32 Å². The van der Waals surface area contributed by atoms with Gasteiger partial charge in [0.1, 0.15) is 11.5 Å². The molecule has 3 aromatic rings. The lowest BCUT2D eigenvalue weighted by Crippen LogP contribution is -2.15. The van der Waals surface area contributed by atoms with Crippen molar-refractivity contribution in [1.82, 2.24) is 14.5 Å². The number of thiazole rings is 1. The second kappa shape index (κ2) is 5.45. The lowest BCUT2D eigenvalue weighted by Gasteiger charge is -2.01. The van der Waals surface area contributed by atoms with Crippen LogP contribution in [0.5, 0.6) is 0 Å². The maximum absolute atomic E-state index is 12.9. The van der Waals surface area contributed by atoms with Crippen molar-refractivity contribution in [2.45, 2.75) is 0 Å². The Morgan fingerprint density at radius 2 is 2.10 bits per heavy atom. The monoisotopic (exact) mass is 302 g/mol. The fourth-order valence-corrected chi connectivity index (χ4v) is 2.54. The average Bonchev–Trinajstić information content (AvgIpc) is 3.09. The summed E-state index contributed by atoms with van der Waals surface area (Å²) in [6.45, 7) is 0. The summed E-state index contributed by atoms with van der Waals surface area (Å²) in [5.41, 5.74) is 1.95. The lowest BCUT2D eigenvalue weighted by atomic mass is 10.2. The van der Waals surface area contributed by atoms with Gasteiger partial charge in [0.2, 0.25) is 0 Å². The fraction of sp³-hybridized carbons (Fsp3) is 0.0714. The zero-order chi connectivity index (χ0) is 14.8. The molecule has 3 rings (SSSR count). The normalized spacial score (nSPS) is 10.6. The number of imidazole rings is 1. The summed E-state index contributed by atoms with van der Waals surface area (Å²) in [7, 11) is 1.74. The van der Waals surface area contributed by atoms with Crippen molar-refractivity contribution < 1.29 is 9.18 Å². The molecule has 1 amide bonds. The molecule has 0 spiro atoms. The van der Waals surface area contributed by atoms with Crippen LogP contribution in [0, 0.1) is 5.82 Å². The van der Waals surface area contributed by atoms with Crippen LogP contribution in [0.1, 0.15) is 10.5 Å². The molecule has 1 aromatic carbocycles. The smallest absolute Gasteiger partial charge is 0.275 e. The molecule has 0 fully saturated rings. The van der Waals surface area contributed by atoms with E-state index in [1.165, 1.54) is 29.7 Å². The fourth-order valence-electron chi connectivity index (χ4n) is 1.82. The molecule has 0 saturated heterocycles. The molecule has 2 aromatic heterocycles. The van der Waals surface area contributed by atoms with E-state index in [1.54, 1.807) is 30.1 Å². The minimum absolute atomic E-state index is 0.269. The van der Waals surface area contributed by atoms with Crippen LogP contribution in [0.15, 0.2) is 42.2 Å². The van der Waals surface area contributed by atoms with E-state index in [9.17, 15) is 9.18 Å². The number of nitrogens with zero attached hydrogens (tertiary/aromatic N) is 3. The highest BCUT2D eigenvalue weighted by Gasteiger charge is 2.12. The molecule has 0 aliphatic carbocycles. The maximum atomic E-state index is 12.9. The van der Waals surface area contributed by atoms with Crippen molar-refractivity contribution in [1.29, 1.82) is 0 Å². The first kappa shape index (κ1) is 13.4. The molecule has 0 aliphatic rings. The maximum Gasteiger partial charge on any atom is 0.275 e. The van der Waals surface area contributed by atoms with Gasteiger partial charge in [-0.1, -0.05) is 0 Å². The molecular weight excluding hydrogens is 291 g/mol. The molecule has 0 atom stereocenters. The first-order valence-electron chi connectivity index (χ1n) is 6.12. The SMILES string of the molecule is Cn1cncc1C(=O)Nc1nc(-c2ccc(F)cc2)cs1. The van der Waals surface area contributed by atoms with Gasteiger partial charge in [-0.3, -0.25) is 10.1 Å². The second-order valence-corrected chi connectivity index (χ2v) is 5.25. The Balaban J connectivity index is 1.78. The topological polar surface area (TPSA) is 59.8 Å². The predicted molar refractivity (Wildman–Crippen MR) is 78.7 cm³/mol. The third kappa shape index (κ3) is 2.82. The number of carbonyl (C=O) groups excluding carboxylic acids is 1.